The highest BCUT2D eigenvalue weighted by atomic mass is 79.9. The zero-order chi connectivity index (χ0) is 13.1. The predicted molar refractivity (Wildman–Crippen MR) is 85.3 cm³/mol. The highest BCUT2D eigenvalue weighted by Crippen LogP contribution is 2.30. The van der Waals surface area contributed by atoms with Crippen LogP contribution in [0.15, 0.2) is 27.1 Å². The predicted octanol–water partition coefficient (Wildman–Crippen LogP) is 4.04. The fourth-order valence-corrected chi connectivity index (χ4v) is 3.81. The minimum atomic E-state index is 0.606. The number of hydrogen-bond donors (Lipinski definition) is 1. The van der Waals surface area contributed by atoms with E-state index in [9.17, 15) is 0 Å². The van der Waals surface area contributed by atoms with E-state index < -0.39 is 0 Å². The molecule has 1 atom stereocenters. The van der Waals surface area contributed by atoms with Crippen LogP contribution in [-0.2, 0) is 0 Å². The Labute approximate surface area is 126 Å². The van der Waals surface area contributed by atoms with Crippen molar-refractivity contribution in [2.24, 2.45) is 5.92 Å². The molecule has 1 heterocycles. The van der Waals surface area contributed by atoms with Gasteiger partial charge in [0, 0.05) is 34.6 Å². The fraction of sp³-hybridized carbons (Fsp3) is 0.571. The van der Waals surface area contributed by atoms with Gasteiger partial charge in [0.05, 0.1) is 5.69 Å². The normalized spacial score (nSPS) is 20.5. The summed E-state index contributed by atoms with van der Waals surface area (Å²) in [4.78, 5) is 2.47. The van der Waals surface area contributed by atoms with Crippen molar-refractivity contribution in [1.82, 2.24) is 5.32 Å². The summed E-state index contributed by atoms with van der Waals surface area (Å²) < 4.78 is 2.29. The number of halogens is 2. The Morgan fingerprint density at radius 2 is 2.17 bits per heavy atom. The maximum atomic E-state index is 3.66. The maximum absolute atomic E-state index is 3.66. The van der Waals surface area contributed by atoms with Crippen LogP contribution >= 0.6 is 31.9 Å². The van der Waals surface area contributed by atoms with Gasteiger partial charge in [0.1, 0.15) is 0 Å². The number of nitrogens with zero attached hydrogens (tertiary/aromatic N) is 1. The molecule has 4 heteroatoms. The molecule has 0 radical (unpaired) electrons. The van der Waals surface area contributed by atoms with Gasteiger partial charge in [-0.1, -0.05) is 29.8 Å². The maximum Gasteiger partial charge on any atom is 0.0512 e. The van der Waals surface area contributed by atoms with Crippen LogP contribution in [0, 0.1) is 5.92 Å². The second-order valence-corrected chi connectivity index (χ2v) is 7.09. The molecule has 0 spiro atoms. The molecule has 0 bridgehead atoms. The number of benzene rings is 1. The minimum Gasteiger partial charge on any atom is -0.368 e. The Bertz CT molecular complexity index is 407. The van der Waals surface area contributed by atoms with Crippen molar-refractivity contribution < 1.29 is 0 Å². The third kappa shape index (κ3) is 3.72. The van der Waals surface area contributed by atoms with Gasteiger partial charge in [0.15, 0.2) is 0 Å². The topological polar surface area (TPSA) is 15.3 Å². The Balaban J connectivity index is 2.08. The van der Waals surface area contributed by atoms with E-state index in [-0.39, 0.29) is 0 Å². The standard InChI is InChI=1S/C14H20Br2N2/c1-10(2)7-12-9-18(6-5-17-12)14-4-3-11(15)8-13(14)16/h3-4,8,10,12,17H,5-7,9H2,1-2H3. The summed E-state index contributed by atoms with van der Waals surface area (Å²) in [5, 5.41) is 3.61. The zero-order valence-corrected chi connectivity index (χ0v) is 14.1. The first-order valence-corrected chi connectivity index (χ1v) is 8.08. The third-order valence-corrected chi connectivity index (χ3v) is 4.39. The van der Waals surface area contributed by atoms with Gasteiger partial charge in [-0.25, -0.2) is 0 Å². The molecule has 100 valence electrons. The van der Waals surface area contributed by atoms with Gasteiger partial charge in [-0.05, 0) is 46.5 Å². The molecule has 1 aliphatic rings. The van der Waals surface area contributed by atoms with Crippen molar-refractivity contribution in [3.63, 3.8) is 0 Å². The van der Waals surface area contributed by atoms with Crippen LogP contribution in [0.1, 0.15) is 20.3 Å². The van der Waals surface area contributed by atoms with Crippen LogP contribution in [0.2, 0.25) is 0 Å². The smallest absolute Gasteiger partial charge is 0.0512 e. The SMILES string of the molecule is CC(C)CC1CN(c2ccc(Br)cc2Br)CCN1. The van der Waals surface area contributed by atoms with Gasteiger partial charge >= 0.3 is 0 Å². The molecule has 1 saturated heterocycles. The summed E-state index contributed by atoms with van der Waals surface area (Å²) in [5.74, 6) is 0.746. The van der Waals surface area contributed by atoms with E-state index in [1.165, 1.54) is 16.6 Å². The molecule has 1 unspecified atom stereocenters. The third-order valence-electron chi connectivity index (χ3n) is 3.26. The summed E-state index contributed by atoms with van der Waals surface area (Å²) in [7, 11) is 0. The molecule has 0 saturated carbocycles. The van der Waals surface area contributed by atoms with Crippen LogP contribution in [0.4, 0.5) is 5.69 Å². The Hall–Kier alpha value is -0.0600. The van der Waals surface area contributed by atoms with Crippen LogP contribution in [0.5, 0.6) is 0 Å². The lowest BCUT2D eigenvalue weighted by atomic mass is 10.0. The summed E-state index contributed by atoms with van der Waals surface area (Å²) in [6, 6.07) is 7.02. The first kappa shape index (κ1) is 14.4. The minimum absolute atomic E-state index is 0.606. The second-order valence-electron chi connectivity index (χ2n) is 5.32. The summed E-state index contributed by atoms with van der Waals surface area (Å²) in [5.41, 5.74) is 1.30. The van der Waals surface area contributed by atoms with Gasteiger partial charge in [0.2, 0.25) is 0 Å². The van der Waals surface area contributed by atoms with Crippen LogP contribution < -0.4 is 10.2 Å². The van der Waals surface area contributed by atoms with Crippen molar-refractivity contribution >= 4 is 37.5 Å². The van der Waals surface area contributed by atoms with Crippen molar-refractivity contribution in [1.29, 1.82) is 0 Å². The molecule has 1 aromatic carbocycles. The van der Waals surface area contributed by atoms with E-state index in [2.05, 4.69) is 74.1 Å². The summed E-state index contributed by atoms with van der Waals surface area (Å²) >= 11 is 7.17. The van der Waals surface area contributed by atoms with E-state index in [0.29, 0.717) is 6.04 Å². The van der Waals surface area contributed by atoms with Crippen LogP contribution in [0.3, 0.4) is 0 Å². The van der Waals surface area contributed by atoms with Crippen LogP contribution in [-0.4, -0.2) is 25.7 Å². The van der Waals surface area contributed by atoms with E-state index in [0.717, 1.165) is 30.0 Å². The van der Waals surface area contributed by atoms with Gasteiger partial charge in [0.25, 0.3) is 0 Å². The average Bonchev–Trinajstić information content (AvgIpc) is 2.28. The molecule has 1 aliphatic heterocycles. The van der Waals surface area contributed by atoms with E-state index in [4.69, 9.17) is 0 Å². The molecular formula is C14H20Br2N2. The lowest BCUT2D eigenvalue weighted by molar-refractivity contribution is 0.388. The van der Waals surface area contributed by atoms with E-state index in [1.807, 2.05) is 0 Å². The van der Waals surface area contributed by atoms with Crippen molar-refractivity contribution in [3.05, 3.63) is 27.1 Å². The monoisotopic (exact) mass is 374 g/mol. The lowest BCUT2D eigenvalue weighted by Crippen LogP contribution is -2.51. The largest absolute Gasteiger partial charge is 0.368 e. The van der Waals surface area contributed by atoms with Crippen molar-refractivity contribution in [2.75, 3.05) is 24.5 Å². The number of nitrogens with one attached hydrogen (secondary N) is 1. The average molecular weight is 376 g/mol. The van der Waals surface area contributed by atoms with E-state index >= 15 is 0 Å². The van der Waals surface area contributed by atoms with E-state index in [1.54, 1.807) is 0 Å². The van der Waals surface area contributed by atoms with Gasteiger partial charge in [-0.3, -0.25) is 0 Å². The number of anilines is 1. The molecule has 0 amide bonds. The Morgan fingerprint density at radius 1 is 1.39 bits per heavy atom. The molecule has 0 aromatic heterocycles. The Morgan fingerprint density at radius 3 is 2.83 bits per heavy atom. The van der Waals surface area contributed by atoms with Gasteiger partial charge in [-0.2, -0.15) is 0 Å². The van der Waals surface area contributed by atoms with Gasteiger partial charge in [-0.15, -0.1) is 0 Å². The molecule has 2 nitrogen and oxygen atoms in total. The zero-order valence-electron chi connectivity index (χ0n) is 10.9. The van der Waals surface area contributed by atoms with Gasteiger partial charge < -0.3 is 10.2 Å². The summed E-state index contributed by atoms with van der Waals surface area (Å²) in [6.07, 6.45) is 1.24. The number of hydrogen-bond acceptors (Lipinski definition) is 2. The van der Waals surface area contributed by atoms with Crippen molar-refractivity contribution in [2.45, 2.75) is 26.3 Å². The van der Waals surface area contributed by atoms with Crippen molar-refractivity contribution in [3.8, 4) is 0 Å². The molecule has 2 rings (SSSR count). The highest BCUT2D eigenvalue weighted by Gasteiger charge is 2.21. The fourth-order valence-electron chi connectivity index (χ4n) is 2.51. The molecule has 18 heavy (non-hydrogen) atoms. The number of piperazine rings is 1. The Kier molecular flexibility index (Phi) is 5.10. The molecular weight excluding hydrogens is 356 g/mol. The highest BCUT2D eigenvalue weighted by molar-refractivity contribution is 9.11. The first-order valence-electron chi connectivity index (χ1n) is 6.49. The lowest BCUT2D eigenvalue weighted by Gasteiger charge is -2.36. The molecule has 1 fully saturated rings. The quantitative estimate of drug-likeness (QED) is 0.857. The first-order chi connectivity index (χ1) is 8.56. The number of rotatable bonds is 3. The molecule has 1 N–H and O–H groups in total. The molecule has 0 aliphatic carbocycles. The second kappa shape index (κ2) is 6.40. The summed E-state index contributed by atoms with van der Waals surface area (Å²) in [6.45, 7) is 7.82. The molecule has 1 aromatic rings. The van der Waals surface area contributed by atoms with Crippen LogP contribution in [0.25, 0.3) is 0 Å².